The van der Waals surface area contributed by atoms with Gasteiger partial charge in [0.15, 0.2) is 0 Å². The van der Waals surface area contributed by atoms with Crippen LogP contribution in [0, 0.1) is 0 Å². The molecule has 0 saturated heterocycles. The molecule has 0 aromatic heterocycles. The average Bonchev–Trinajstić information content (AvgIpc) is 3.06. The van der Waals surface area contributed by atoms with Crippen LogP contribution < -0.4 is 5.32 Å². The Bertz CT molecular complexity index is 831. The van der Waals surface area contributed by atoms with E-state index in [1.807, 2.05) is 0 Å². The number of allylic oxidation sites excluding steroid dienone is 2. The molecule has 0 aliphatic heterocycles. The van der Waals surface area contributed by atoms with Crippen molar-refractivity contribution in [3.8, 4) is 0 Å². The van der Waals surface area contributed by atoms with Crippen molar-refractivity contribution in [1.29, 1.82) is 0 Å². The molecule has 0 radical (unpaired) electrons. The lowest BCUT2D eigenvalue weighted by Crippen LogP contribution is -2.47. The van der Waals surface area contributed by atoms with Crippen molar-refractivity contribution in [2.75, 3.05) is 5.75 Å². The fourth-order valence-corrected chi connectivity index (χ4v) is 7.50. The standard InChI is InChI=1S/C42H83NO5S/c1-3-5-7-9-11-13-15-17-19-20-21-22-24-25-27-29-31-33-35-37-41(44)40(39-49(46,47)48)43-42(45)38-36-34-32-30-28-26-23-18-16-14-12-10-8-6-4-2/h18,23,40-41,44H,3-17,19-22,24-39H2,1-2H3,(H,43,45)(H,46,47,48)/b23-18-. The lowest BCUT2D eigenvalue weighted by Gasteiger charge is -2.23. The normalized spacial score (nSPS) is 13.3. The van der Waals surface area contributed by atoms with Crippen LogP contribution in [-0.2, 0) is 14.9 Å². The van der Waals surface area contributed by atoms with Crippen LogP contribution in [0.2, 0.25) is 0 Å². The van der Waals surface area contributed by atoms with Crippen LogP contribution in [0.4, 0.5) is 0 Å². The highest BCUT2D eigenvalue weighted by atomic mass is 32.2. The third-order valence-corrected chi connectivity index (χ3v) is 10.8. The summed E-state index contributed by atoms with van der Waals surface area (Å²) in [6.45, 7) is 4.53. The van der Waals surface area contributed by atoms with Gasteiger partial charge in [0.2, 0.25) is 5.91 Å². The Morgan fingerprint density at radius 1 is 0.531 bits per heavy atom. The maximum Gasteiger partial charge on any atom is 0.266 e. The molecule has 0 saturated carbocycles. The van der Waals surface area contributed by atoms with E-state index in [-0.39, 0.29) is 5.91 Å². The Labute approximate surface area is 305 Å². The van der Waals surface area contributed by atoms with Gasteiger partial charge in [0.1, 0.15) is 0 Å². The number of unbranched alkanes of at least 4 members (excludes halogenated alkanes) is 29. The van der Waals surface area contributed by atoms with Crippen molar-refractivity contribution >= 4 is 16.0 Å². The monoisotopic (exact) mass is 714 g/mol. The zero-order valence-electron chi connectivity index (χ0n) is 32.6. The minimum Gasteiger partial charge on any atom is -0.391 e. The molecule has 0 aliphatic carbocycles. The van der Waals surface area contributed by atoms with Crippen molar-refractivity contribution in [1.82, 2.24) is 5.32 Å². The second kappa shape index (κ2) is 36.9. The van der Waals surface area contributed by atoms with Gasteiger partial charge < -0.3 is 10.4 Å². The van der Waals surface area contributed by atoms with Gasteiger partial charge in [-0.15, -0.1) is 0 Å². The van der Waals surface area contributed by atoms with Crippen LogP contribution in [-0.4, -0.2) is 41.9 Å². The predicted octanol–water partition coefficient (Wildman–Crippen LogP) is 12.6. The summed E-state index contributed by atoms with van der Waals surface area (Å²) < 4.78 is 32.6. The number of amides is 1. The number of nitrogens with one attached hydrogen (secondary N) is 1. The second-order valence-electron chi connectivity index (χ2n) is 15.0. The Morgan fingerprint density at radius 3 is 1.22 bits per heavy atom. The summed E-state index contributed by atoms with van der Waals surface area (Å²) in [5, 5.41) is 13.4. The number of rotatable bonds is 39. The van der Waals surface area contributed by atoms with Crippen LogP contribution in [0.25, 0.3) is 0 Å². The van der Waals surface area contributed by atoms with Crippen LogP contribution in [0.1, 0.15) is 232 Å². The van der Waals surface area contributed by atoms with Gasteiger partial charge in [-0.1, -0.05) is 199 Å². The second-order valence-corrected chi connectivity index (χ2v) is 16.5. The third-order valence-electron chi connectivity index (χ3n) is 9.97. The van der Waals surface area contributed by atoms with E-state index in [4.69, 9.17) is 0 Å². The fraction of sp³-hybridized carbons (Fsp3) is 0.929. The Morgan fingerprint density at radius 2 is 0.857 bits per heavy atom. The van der Waals surface area contributed by atoms with E-state index in [2.05, 4.69) is 31.3 Å². The first-order chi connectivity index (χ1) is 23.8. The zero-order valence-corrected chi connectivity index (χ0v) is 33.4. The molecular formula is C42H83NO5S. The maximum atomic E-state index is 12.5. The smallest absolute Gasteiger partial charge is 0.266 e. The van der Waals surface area contributed by atoms with Gasteiger partial charge in [0, 0.05) is 6.42 Å². The van der Waals surface area contributed by atoms with Crippen LogP contribution in [0.5, 0.6) is 0 Å². The molecule has 1 amide bonds. The number of hydrogen-bond donors (Lipinski definition) is 3. The molecule has 0 aromatic rings. The quantitative estimate of drug-likeness (QED) is 0.0334. The predicted molar refractivity (Wildman–Crippen MR) is 212 cm³/mol. The molecule has 2 unspecified atom stereocenters. The summed E-state index contributed by atoms with van der Waals surface area (Å²) in [4.78, 5) is 12.5. The molecular weight excluding hydrogens is 631 g/mol. The molecule has 49 heavy (non-hydrogen) atoms. The van der Waals surface area contributed by atoms with E-state index in [0.29, 0.717) is 12.8 Å². The first kappa shape index (κ1) is 48.1. The van der Waals surface area contributed by atoms with Gasteiger partial charge in [0.25, 0.3) is 10.1 Å². The Balaban J connectivity index is 3.82. The molecule has 0 fully saturated rings. The van der Waals surface area contributed by atoms with E-state index >= 15 is 0 Å². The third kappa shape index (κ3) is 38.1. The molecule has 0 spiro atoms. The van der Waals surface area contributed by atoms with Gasteiger partial charge in [-0.2, -0.15) is 8.42 Å². The molecule has 0 aliphatic rings. The highest BCUT2D eigenvalue weighted by molar-refractivity contribution is 7.85. The van der Waals surface area contributed by atoms with Crippen molar-refractivity contribution in [2.45, 2.75) is 244 Å². The summed E-state index contributed by atoms with van der Waals surface area (Å²) in [5.41, 5.74) is 0. The lowest BCUT2D eigenvalue weighted by molar-refractivity contribution is -0.122. The SMILES string of the molecule is CCCCCCCC/C=C\CCCCCCCC(=O)NC(CS(=O)(=O)O)C(O)CCCCCCCCCCCCCCCCCCCCC. The number of aliphatic hydroxyl groups excluding tert-OH is 1. The van der Waals surface area contributed by atoms with Gasteiger partial charge in [0.05, 0.1) is 17.9 Å². The van der Waals surface area contributed by atoms with Crippen LogP contribution in [0.3, 0.4) is 0 Å². The number of hydrogen-bond acceptors (Lipinski definition) is 4. The van der Waals surface area contributed by atoms with Gasteiger partial charge >= 0.3 is 0 Å². The van der Waals surface area contributed by atoms with E-state index in [0.717, 1.165) is 51.4 Å². The molecule has 292 valence electrons. The summed E-state index contributed by atoms with van der Waals surface area (Å²) in [5.74, 6) is -0.899. The number of carbonyl (C=O) groups excluding carboxylic acids is 1. The van der Waals surface area contributed by atoms with Crippen molar-refractivity contribution in [3.05, 3.63) is 12.2 Å². The maximum absolute atomic E-state index is 12.5. The lowest BCUT2D eigenvalue weighted by atomic mass is 10.0. The van der Waals surface area contributed by atoms with Gasteiger partial charge in [-0.25, -0.2) is 0 Å². The molecule has 3 N–H and O–H groups in total. The van der Waals surface area contributed by atoms with E-state index in [1.54, 1.807) is 0 Å². The molecule has 0 rings (SSSR count). The van der Waals surface area contributed by atoms with Crippen molar-refractivity contribution < 1.29 is 22.9 Å². The molecule has 0 aromatic carbocycles. The van der Waals surface area contributed by atoms with E-state index in [1.165, 1.54) is 154 Å². The van der Waals surface area contributed by atoms with E-state index in [9.17, 15) is 22.9 Å². The molecule has 7 heteroatoms. The molecule has 0 heterocycles. The summed E-state index contributed by atoms with van der Waals surface area (Å²) in [6, 6.07) is -0.971. The van der Waals surface area contributed by atoms with Gasteiger partial charge in [-0.3, -0.25) is 9.35 Å². The van der Waals surface area contributed by atoms with Crippen molar-refractivity contribution in [2.24, 2.45) is 0 Å². The topological polar surface area (TPSA) is 104 Å². The van der Waals surface area contributed by atoms with E-state index < -0.39 is 28.0 Å². The highest BCUT2D eigenvalue weighted by Gasteiger charge is 2.26. The summed E-state index contributed by atoms with van der Waals surface area (Å²) in [7, 11) is -4.31. The van der Waals surface area contributed by atoms with Gasteiger partial charge in [-0.05, 0) is 38.5 Å². The Hall–Kier alpha value is -0.920. The summed E-state index contributed by atoms with van der Waals surface area (Å²) >= 11 is 0. The minimum atomic E-state index is -4.31. The fourth-order valence-electron chi connectivity index (χ4n) is 6.74. The first-order valence-corrected chi connectivity index (χ1v) is 23.0. The molecule has 0 bridgehead atoms. The van der Waals surface area contributed by atoms with Crippen molar-refractivity contribution in [3.63, 3.8) is 0 Å². The highest BCUT2D eigenvalue weighted by Crippen LogP contribution is 2.16. The molecule has 2 atom stereocenters. The average molecular weight is 714 g/mol. The zero-order chi connectivity index (χ0) is 36.1. The van der Waals surface area contributed by atoms with Crippen LogP contribution >= 0.6 is 0 Å². The number of carbonyl (C=O) groups is 1. The Kier molecular flexibility index (Phi) is 36.2. The summed E-state index contributed by atoms with van der Waals surface area (Å²) in [6.07, 6.45) is 44.5. The van der Waals surface area contributed by atoms with Crippen LogP contribution in [0.15, 0.2) is 12.2 Å². The minimum absolute atomic E-state index is 0.251. The molecule has 6 nitrogen and oxygen atoms in total. The first-order valence-electron chi connectivity index (χ1n) is 21.4. The number of aliphatic hydroxyl groups is 1. The largest absolute Gasteiger partial charge is 0.391 e.